The number of hydrogen-bond donors (Lipinski definition) is 1. The van der Waals surface area contributed by atoms with Crippen molar-refractivity contribution >= 4 is 29.0 Å². The summed E-state index contributed by atoms with van der Waals surface area (Å²) in [6, 6.07) is 8.69. The van der Waals surface area contributed by atoms with E-state index in [1.807, 2.05) is 6.07 Å². The molecule has 2 rings (SSSR count). The number of unbranched alkanes of at least 4 members (excludes halogenated alkanes) is 1. The third kappa shape index (κ3) is 4.58. The Morgan fingerprint density at radius 1 is 1.29 bits per heavy atom. The Bertz CT molecular complexity index is 691. The summed E-state index contributed by atoms with van der Waals surface area (Å²) in [5.74, 6) is 1.00. The van der Waals surface area contributed by atoms with Crippen molar-refractivity contribution in [2.24, 2.45) is 0 Å². The van der Waals surface area contributed by atoms with Crippen molar-refractivity contribution in [3.8, 4) is 5.75 Å². The van der Waals surface area contributed by atoms with E-state index in [0.717, 1.165) is 18.5 Å². The Hall–Kier alpha value is -2.34. The summed E-state index contributed by atoms with van der Waals surface area (Å²) in [5.41, 5.74) is 1.08. The predicted octanol–water partition coefficient (Wildman–Crippen LogP) is 3.75. The third-order valence-corrected chi connectivity index (χ3v) is 3.80. The van der Waals surface area contributed by atoms with Gasteiger partial charge in [0.1, 0.15) is 5.75 Å². The summed E-state index contributed by atoms with van der Waals surface area (Å²) in [6.07, 6.45) is 2.00. The Morgan fingerprint density at radius 3 is 2.67 bits per heavy atom. The van der Waals surface area contributed by atoms with Crippen molar-refractivity contribution in [1.29, 1.82) is 0 Å². The maximum Gasteiger partial charge on any atom is 0.274 e. The van der Waals surface area contributed by atoms with Crippen LogP contribution >= 0.6 is 11.6 Å². The van der Waals surface area contributed by atoms with Gasteiger partial charge in [0.2, 0.25) is 0 Å². The Kier molecular flexibility index (Phi) is 6.37. The molecule has 2 aromatic rings. The molecule has 0 saturated carbocycles. The number of carbonyl (C=O) groups excluding carboxylic acids is 1. The zero-order valence-electron chi connectivity index (χ0n) is 14.0. The van der Waals surface area contributed by atoms with E-state index in [-0.39, 0.29) is 5.91 Å². The SMILES string of the molecule is CCCCN(C)C(=O)c1ccc(Nc2ccc(OC)c(Cl)c2)nn1. The van der Waals surface area contributed by atoms with E-state index in [4.69, 9.17) is 16.3 Å². The third-order valence-electron chi connectivity index (χ3n) is 3.50. The van der Waals surface area contributed by atoms with Gasteiger partial charge in [-0.1, -0.05) is 24.9 Å². The molecule has 1 aromatic carbocycles. The van der Waals surface area contributed by atoms with E-state index in [0.29, 0.717) is 28.8 Å². The number of aromatic nitrogens is 2. The summed E-state index contributed by atoms with van der Waals surface area (Å²) in [6.45, 7) is 2.80. The lowest BCUT2D eigenvalue weighted by Gasteiger charge is -2.15. The molecule has 0 atom stereocenters. The van der Waals surface area contributed by atoms with Crippen molar-refractivity contribution in [1.82, 2.24) is 15.1 Å². The van der Waals surface area contributed by atoms with Gasteiger partial charge in [0.15, 0.2) is 11.5 Å². The molecule has 0 fully saturated rings. The molecule has 0 unspecified atom stereocenters. The van der Waals surface area contributed by atoms with Gasteiger partial charge in [-0.25, -0.2) is 0 Å². The highest BCUT2D eigenvalue weighted by Gasteiger charge is 2.13. The van der Waals surface area contributed by atoms with E-state index in [9.17, 15) is 4.79 Å². The van der Waals surface area contributed by atoms with Gasteiger partial charge < -0.3 is 15.0 Å². The summed E-state index contributed by atoms with van der Waals surface area (Å²) in [7, 11) is 3.33. The van der Waals surface area contributed by atoms with Crippen LogP contribution in [-0.4, -0.2) is 41.7 Å². The highest BCUT2D eigenvalue weighted by atomic mass is 35.5. The number of carbonyl (C=O) groups is 1. The van der Waals surface area contributed by atoms with Gasteiger partial charge in [0.05, 0.1) is 12.1 Å². The van der Waals surface area contributed by atoms with Gasteiger partial charge in [-0.3, -0.25) is 4.79 Å². The lowest BCUT2D eigenvalue weighted by molar-refractivity contribution is 0.0786. The standard InChI is InChI=1S/C17H21ClN4O2/c1-4-5-10-22(2)17(23)14-7-9-16(21-20-14)19-12-6-8-15(24-3)13(18)11-12/h6-9,11H,4-5,10H2,1-3H3,(H,19,21). The Labute approximate surface area is 146 Å². The van der Waals surface area contributed by atoms with Crippen LogP contribution < -0.4 is 10.1 Å². The molecule has 1 amide bonds. The summed E-state index contributed by atoms with van der Waals surface area (Å²) in [5, 5.41) is 11.6. The highest BCUT2D eigenvalue weighted by Crippen LogP contribution is 2.28. The van der Waals surface area contributed by atoms with Crippen LogP contribution in [0.25, 0.3) is 0 Å². The van der Waals surface area contributed by atoms with E-state index >= 15 is 0 Å². The van der Waals surface area contributed by atoms with Crippen LogP contribution in [0.5, 0.6) is 5.75 Å². The highest BCUT2D eigenvalue weighted by molar-refractivity contribution is 6.32. The number of anilines is 2. The Morgan fingerprint density at radius 2 is 2.08 bits per heavy atom. The van der Waals surface area contributed by atoms with Crippen molar-refractivity contribution in [2.45, 2.75) is 19.8 Å². The van der Waals surface area contributed by atoms with Crippen molar-refractivity contribution < 1.29 is 9.53 Å². The summed E-state index contributed by atoms with van der Waals surface area (Å²) < 4.78 is 5.11. The lowest BCUT2D eigenvalue weighted by Crippen LogP contribution is -2.28. The van der Waals surface area contributed by atoms with Gasteiger partial charge in [0.25, 0.3) is 5.91 Å². The van der Waals surface area contributed by atoms with Crippen LogP contribution in [0.1, 0.15) is 30.3 Å². The van der Waals surface area contributed by atoms with Gasteiger partial charge in [-0.05, 0) is 36.8 Å². The zero-order valence-corrected chi connectivity index (χ0v) is 14.8. The average Bonchev–Trinajstić information content (AvgIpc) is 2.60. The first kappa shape index (κ1) is 18.0. The van der Waals surface area contributed by atoms with Crippen LogP contribution in [0.2, 0.25) is 5.02 Å². The van der Waals surface area contributed by atoms with Gasteiger partial charge in [-0.15, -0.1) is 10.2 Å². The minimum Gasteiger partial charge on any atom is -0.495 e. The first-order valence-electron chi connectivity index (χ1n) is 7.75. The fraction of sp³-hybridized carbons (Fsp3) is 0.353. The molecule has 7 heteroatoms. The molecule has 0 aliphatic carbocycles. The topological polar surface area (TPSA) is 67.4 Å². The number of hydrogen-bond acceptors (Lipinski definition) is 5. The number of amides is 1. The smallest absolute Gasteiger partial charge is 0.274 e. The fourth-order valence-electron chi connectivity index (χ4n) is 2.10. The normalized spacial score (nSPS) is 10.3. The van der Waals surface area contributed by atoms with E-state index in [1.54, 1.807) is 43.3 Å². The minimum atomic E-state index is -0.130. The molecule has 0 radical (unpaired) electrons. The average molecular weight is 349 g/mol. The second-order valence-corrected chi connectivity index (χ2v) is 5.77. The molecule has 0 spiro atoms. The van der Waals surface area contributed by atoms with Crippen LogP contribution in [0.4, 0.5) is 11.5 Å². The minimum absolute atomic E-state index is 0.130. The first-order chi connectivity index (χ1) is 11.5. The number of rotatable bonds is 7. The van der Waals surface area contributed by atoms with E-state index in [2.05, 4.69) is 22.4 Å². The largest absolute Gasteiger partial charge is 0.495 e. The number of methoxy groups -OCH3 is 1. The number of ether oxygens (including phenoxy) is 1. The summed E-state index contributed by atoms with van der Waals surface area (Å²) >= 11 is 6.09. The molecular formula is C17H21ClN4O2. The summed E-state index contributed by atoms with van der Waals surface area (Å²) in [4.78, 5) is 13.9. The van der Waals surface area contributed by atoms with Gasteiger partial charge >= 0.3 is 0 Å². The number of benzene rings is 1. The first-order valence-corrected chi connectivity index (χ1v) is 8.12. The van der Waals surface area contributed by atoms with E-state index < -0.39 is 0 Å². The molecule has 6 nitrogen and oxygen atoms in total. The lowest BCUT2D eigenvalue weighted by atomic mass is 10.3. The van der Waals surface area contributed by atoms with Crippen molar-refractivity contribution in [2.75, 3.05) is 26.0 Å². The van der Waals surface area contributed by atoms with Gasteiger partial charge in [-0.2, -0.15) is 0 Å². The number of nitrogens with one attached hydrogen (secondary N) is 1. The van der Waals surface area contributed by atoms with Crippen molar-refractivity contribution in [3.63, 3.8) is 0 Å². The number of halogens is 1. The van der Waals surface area contributed by atoms with Crippen LogP contribution in [0.3, 0.4) is 0 Å². The predicted molar refractivity (Wildman–Crippen MR) is 95.2 cm³/mol. The molecule has 0 saturated heterocycles. The molecular weight excluding hydrogens is 328 g/mol. The van der Waals surface area contributed by atoms with E-state index in [1.165, 1.54) is 0 Å². The van der Waals surface area contributed by atoms with Gasteiger partial charge in [0, 0.05) is 19.3 Å². The molecule has 1 N–H and O–H groups in total. The molecule has 24 heavy (non-hydrogen) atoms. The molecule has 128 valence electrons. The molecule has 0 aliphatic heterocycles. The molecule has 1 heterocycles. The quantitative estimate of drug-likeness (QED) is 0.825. The molecule has 1 aromatic heterocycles. The monoisotopic (exact) mass is 348 g/mol. The number of nitrogens with zero attached hydrogens (tertiary/aromatic N) is 3. The molecule has 0 bridgehead atoms. The second-order valence-electron chi connectivity index (χ2n) is 5.36. The van der Waals surface area contributed by atoms with Crippen LogP contribution in [0.15, 0.2) is 30.3 Å². The van der Waals surface area contributed by atoms with Crippen LogP contribution in [-0.2, 0) is 0 Å². The second kappa shape index (κ2) is 8.49. The van der Waals surface area contributed by atoms with Crippen LogP contribution in [0, 0.1) is 0 Å². The zero-order chi connectivity index (χ0) is 17.5. The maximum absolute atomic E-state index is 12.2. The molecule has 0 aliphatic rings. The van der Waals surface area contributed by atoms with Crippen molar-refractivity contribution in [3.05, 3.63) is 41.0 Å². The Balaban J connectivity index is 2.04. The maximum atomic E-state index is 12.2. The fourth-order valence-corrected chi connectivity index (χ4v) is 2.36.